The second-order valence-electron chi connectivity index (χ2n) is 5.24. The van der Waals surface area contributed by atoms with Gasteiger partial charge in [0.15, 0.2) is 5.96 Å². The Morgan fingerprint density at radius 1 is 1.10 bits per heavy atom. The zero-order chi connectivity index (χ0) is 14.5. The second kappa shape index (κ2) is 6.31. The molecule has 0 heterocycles. The van der Waals surface area contributed by atoms with Gasteiger partial charge in [-0.25, -0.2) is 0 Å². The number of guanidine groups is 1. The SMILES string of the molecule is NC(=NCC1CC1)Nc1cccc(Oc2ccccc2)c1. The molecule has 0 bridgehead atoms. The number of hydrogen-bond donors (Lipinski definition) is 2. The van der Waals surface area contributed by atoms with E-state index in [0.717, 1.165) is 29.6 Å². The van der Waals surface area contributed by atoms with Crippen LogP contribution in [0, 0.1) is 5.92 Å². The van der Waals surface area contributed by atoms with E-state index in [9.17, 15) is 0 Å². The van der Waals surface area contributed by atoms with E-state index >= 15 is 0 Å². The topological polar surface area (TPSA) is 59.6 Å². The minimum absolute atomic E-state index is 0.457. The summed E-state index contributed by atoms with van der Waals surface area (Å²) >= 11 is 0. The molecule has 4 heteroatoms. The Hall–Kier alpha value is -2.49. The van der Waals surface area contributed by atoms with Crippen molar-refractivity contribution in [3.05, 3.63) is 54.6 Å². The van der Waals surface area contributed by atoms with Crippen LogP contribution >= 0.6 is 0 Å². The van der Waals surface area contributed by atoms with E-state index in [4.69, 9.17) is 10.5 Å². The molecule has 2 aromatic carbocycles. The maximum absolute atomic E-state index is 5.88. The zero-order valence-corrected chi connectivity index (χ0v) is 11.8. The summed E-state index contributed by atoms with van der Waals surface area (Å²) in [6.07, 6.45) is 2.55. The highest BCUT2D eigenvalue weighted by atomic mass is 16.5. The molecule has 4 nitrogen and oxygen atoms in total. The second-order valence-corrected chi connectivity index (χ2v) is 5.24. The third-order valence-corrected chi connectivity index (χ3v) is 3.30. The summed E-state index contributed by atoms with van der Waals surface area (Å²) in [5.74, 6) is 2.77. The largest absolute Gasteiger partial charge is 0.457 e. The first-order chi connectivity index (χ1) is 10.3. The van der Waals surface area contributed by atoms with Crippen molar-refractivity contribution in [1.82, 2.24) is 0 Å². The quantitative estimate of drug-likeness (QED) is 0.650. The normalized spacial score (nSPS) is 14.8. The average Bonchev–Trinajstić information content (AvgIpc) is 3.31. The summed E-state index contributed by atoms with van der Waals surface area (Å²) < 4.78 is 5.79. The lowest BCUT2D eigenvalue weighted by Gasteiger charge is -2.09. The minimum atomic E-state index is 0.457. The van der Waals surface area contributed by atoms with Crippen LogP contribution < -0.4 is 15.8 Å². The van der Waals surface area contributed by atoms with Crippen molar-refractivity contribution in [3.63, 3.8) is 0 Å². The van der Waals surface area contributed by atoms with Crippen LogP contribution in [0.3, 0.4) is 0 Å². The fraction of sp³-hybridized carbons (Fsp3) is 0.235. The summed E-state index contributed by atoms with van der Waals surface area (Å²) in [5.41, 5.74) is 6.76. The first-order valence-electron chi connectivity index (χ1n) is 7.19. The summed E-state index contributed by atoms with van der Waals surface area (Å²) in [4.78, 5) is 4.34. The molecule has 0 radical (unpaired) electrons. The molecule has 21 heavy (non-hydrogen) atoms. The van der Waals surface area contributed by atoms with E-state index in [1.165, 1.54) is 12.8 Å². The van der Waals surface area contributed by atoms with E-state index in [2.05, 4.69) is 10.3 Å². The highest BCUT2D eigenvalue weighted by molar-refractivity contribution is 5.92. The van der Waals surface area contributed by atoms with Crippen molar-refractivity contribution in [2.24, 2.45) is 16.6 Å². The van der Waals surface area contributed by atoms with E-state index in [1.54, 1.807) is 0 Å². The van der Waals surface area contributed by atoms with E-state index in [-0.39, 0.29) is 0 Å². The van der Waals surface area contributed by atoms with Gasteiger partial charge in [-0.3, -0.25) is 4.99 Å². The molecule has 0 aliphatic heterocycles. The third-order valence-electron chi connectivity index (χ3n) is 3.30. The Labute approximate surface area is 124 Å². The number of hydrogen-bond acceptors (Lipinski definition) is 2. The predicted octanol–water partition coefficient (Wildman–Crippen LogP) is 3.62. The first-order valence-corrected chi connectivity index (χ1v) is 7.19. The first kappa shape index (κ1) is 13.5. The van der Waals surface area contributed by atoms with Crippen LogP contribution in [0.15, 0.2) is 59.6 Å². The van der Waals surface area contributed by atoms with Crippen LogP contribution in [0.5, 0.6) is 11.5 Å². The van der Waals surface area contributed by atoms with E-state index < -0.39 is 0 Å². The van der Waals surface area contributed by atoms with Crippen molar-refractivity contribution >= 4 is 11.6 Å². The Kier molecular flexibility index (Phi) is 4.05. The Morgan fingerprint density at radius 2 is 1.86 bits per heavy atom. The Bertz CT molecular complexity index is 621. The van der Waals surface area contributed by atoms with Gasteiger partial charge in [0.25, 0.3) is 0 Å². The van der Waals surface area contributed by atoms with Gasteiger partial charge in [0.05, 0.1) is 0 Å². The highest BCUT2D eigenvalue weighted by Gasteiger charge is 2.20. The molecule has 0 amide bonds. The molecule has 0 unspecified atom stereocenters. The monoisotopic (exact) mass is 281 g/mol. The Balaban J connectivity index is 1.63. The molecule has 0 atom stereocenters. The van der Waals surface area contributed by atoms with Gasteiger partial charge in [-0.05, 0) is 43.0 Å². The fourth-order valence-electron chi connectivity index (χ4n) is 1.98. The van der Waals surface area contributed by atoms with Crippen LogP contribution in [0.4, 0.5) is 5.69 Å². The van der Waals surface area contributed by atoms with Crippen molar-refractivity contribution in [3.8, 4) is 11.5 Å². The van der Waals surface area contributed by atoms with Crippen molar-refractivity contribution in [1.29, 1.82) is 0 Å². The summed E-state index contributed by atoms with van der Waals surface area (Å²) in [7, 11) is 0. The lowest BCUT2D eigenvalue weighted by molar-refractivity contribution is 0.483. The van der Waals surface area contributed by atoms with E-state index in [1.807, 2.05) is 54.6 Å². The third kappa shape index (κ3) is 4.24. The number of benzene rings is 2. The predicted molar refractivity (Wildman–Crippen MR) is 85.8 cm³/mol. The lowest BCUT2D eigenvalue weighted by atomic mass is 10.3. The number of aliphatic imine (C=N–C) groups is 1. The van der Waals surface area contributed by atoms with E-state index in [0.29, 0.717) is 5.96 Å². The number of rotatable bonds is 5. The van der Waals surface area contributed by atoms with Crippen molar-refractivity contribution in [2.75, 3.05) is 11.9 Å². The molecule has 1 aliphatic rings. The molecular formula is C17H19N3O. The summed E-state index contributed by atoms with van der Waals surface area (Å²) in [6.45, 7) is 0.818. The van der Waals surface area contributed by atoms with Gasteiger partial charge in [-0.2, -0.15) is 0 Å². The minimum Gasteiger partial charge on any atom is -0.457 e. The molecule has 1 saturated carbocycles. The van der Waals surface area contributed by atoms with Gasteiger partial charge in [0.2, 0.25) is 0 Å². The van der Waals surface area contributed by atoms with Crippen LogP contribution in [-0.2, 0) is 0 Å². The Morgan fingerprint density at radius 3 is 2.62 bits per heavy atom. The molecule has 0 spiro atoms. The lowest BCUT2D eigenvalue weighted by Crippen LogP contribution is -2.23. The number of nitrogens with one attached hydrogen (secondary N) is 1. The number of ether oxygens (including phenoxy) is 1. The number of para-hydroxylation sites is 1. The van der Waals surface area contributed by atoms with Crippen LogP contribution in [0.2, 0.25) is 0 Å². The number of nitrogens with zero attached hydrogens (tertiary/aromatic N) is 1. The van der Waals surface area contributed by atoms with Crippen LogP contribution in [0.1, 0.15) is 12.8 Å². The molecule has 0 aromatic heterocycles. The number of anilines is 1. The van der Waals surface area contributed by atoms with Gasteiger partial charge in [0, 0.05) is 18.3 Å². The molecule has 3 N–H and O–H groups in total. The number of nitrogens with two attached hydrogens (primary N) is 1. The summed E-state index contributed by atoms with van der Waals surface area (Å²) in [6, 6.07) is 17.4. The van der Waals surface area contributed by atoms with Crippen LogP contribution in [-0.4, -0.2) is 12.5 Å². The van der Waals surface area contributed by atoms with Crippen molar-refractivity contribution < 1.29 is 4.74 Å². The molecule has 1 aliphatic carbocycles. The molecular weight excluding hydrogens is 262 g/mol. The van der Waals surface area contributed by atoms with Gasteiger partial charge >= 0.3 is 0 Å². The van der Waals surface area contributed by atoms with Gasteiger partial charge in [-0.1, -0.05) is 24.3 Å². The smallest absolute Gasteiger partial charge is 0.193 e. The maximum Gasteiger partial charge on any atom is 0.193 e. The maximum atomic E-state index is 5.88. The summed E-state index contributed by atoms with van der Waals surface area (Å²) in [5, 5.41) is 3.10. The van der Waals surface area contributed by atoms with Crippen LogP contribution in [0.25, 0.3) is 0 Å². The molecule has 3 rings (SSSR count). The highest BCUT2D eigenvalue weighted by Crippen LogP contribution is 2.28. The van der Waals surface area contributed by atoms with Gasteiger partial charge in [0.1, 0.15) is 11.5 Å². The molecule has 108 valence electrons. The average molecular weight is 281 g/mol. The van der Waals surface area contributed by atoms with Gasteiger partial charge < -0.3 is 15.8 Å². The molecule has 0 saturated heterocycles. The molecule has 1 fully saturated rings. The standard InChI is InChI=1S/C17H19N3O/c18-17(19-12-13-9-10-13)20-14-5-4-8-16(11-14)21-15-6-2-1-3-7-15/h1-8,11,13H,9-10,12H2,(H3,18,19,20). The molecule has 2 aromatic rings. The fourth-order valence-corrected chi connectivity index (χ4v) is 1.98. The van der Waals surface area contributed by atoms with Gasteiger partial charge in [-0.15, -0.1) is 0 Å². The zero-order valence-electron chi connectivity index (χ0n) is 11.8. The van der Waals surface area contributed by atoms with Crippen molar-refractivity contribution in [2.45, 2.75) is 12.8 Å².